The number of nitrogens with zero attached hydrogens (tertiary/aromatic N) is 6. The Balaban J connectivity index is 1.10. The Bertz CT molecular complexity index is 1450. The molecule has 3 atom stereocenters. The summed E-state index contributed by atoms with van der Waals surface area (Å²) in [4.78, 5) is 59.0. The van der Waals surface area contributed by atoms with Gasteiger partial charge in [0.15, 0.2) is 0 Å². The van der Waals surface area contributed by atoms with E-state index in [1.165, 1.54) is 21.7 Å². The van der Waals surface area contributed by atoms with E-state index in [4.69, 9.17) is 4.74 Å². The fraction of sp³-hybridized carbons (Fsp3) is 0.552. The van der Waals surface area contributed by atoms with Crippen molar-refractivity contribution in [2.24, 2.45) is 11.8 Å². The van der Waals surface area contributed by atoms with Crippen LogP contribution in [0.15, 0.2) is 41.3 Å². The fourth-order valence-corrected chi connectivity index (χ4v) is 5.91. The molecule has 1 aromatic heterocycles. The average Bonchev–Trinajstić information content (AvgIpc) is 3.45. The maximum Gasteiger partial charge on any atom is 0.471 e. The summed E-state index contributed by atoms with van der Waals surface area (Å²) in [7, 11) is 1.80. The highest BCUT2D eigenvalue weighted by atomic mass is 19.4. The molecule has 3 heterocycles. The number of urea groups is 1. The van der Waals surface area contributed by atoms with E-state index in [0.717, 1.165) is 25.2 Å². The van der Waals surface area contributed by atoms with Crippen LogP contribution >= 0.6 is 0 Å². The van der Waals surface area contributed by atoms with Gasteiger partial charge >= 0.3 is 29.9 Å². The predicted octanol–water partition coefficient (Wildman–Crippen LogP) is 2.77. The minimum atomic E-state index is -4.96. The zero-order chi connectivity index (χ0) is 32.0. The van der Waals surface area contributed by atoms with Crippen LogP contribution in [0.1, 0.15) is 26.3 Å². The van der Waals surface area contributed by atoms with E-state index in [2.05, 4.69) is 15.2 Å². The average molecular weight is 620 g/mol. The van der Waals surface area contributed by atoms with Crippen molar-refractivity contribution < 1.29 is 32.3 Å². The van der Waals surface area contributed by atoms with E-state index in [-0.39, 0.29) is 44.1 Å². The van der Waals surface area contributed by atoms with E-state index in [9.17, 15) is 32.3 Å². The van der Waals surface area contributed by atoms with E-state index < -0.39 is 29.4 Å². The van der Waals surface area contributed by atoms with E-state index in [0.29, 0.717) is 22.4 Å². The monoisotopic (exact) mass is 619 g/mol. The van der Waals surface area contributed by atoms with Crippen LogP contribution in [0.3, 0.4) is 0 Å². The van der Waals surface area contributed by atoms with Crippen molar-refractivity contribution in [3.63, 3.8) is 0 Å². The number of hydrogen-bond acceptors (Lipinski definition) is 7. The minimum absolute atomic E-state index is 0.00452. The molecule has 0 spiro atoms. The number of likely N-dealkylation sites (tertiary alicyclic amines) is 1. The van der Waals surface area contributed by atoms with Crippen molar-refractivity contribution in [3.05, 3.63) is 52.6 Å². The second kappa shape index (κ2) is 11.7. The van der Waals surface area contributed by atoms with Crippen LogP contribution in [-0.4, -0.2) is 111 Å². The number of halogens is 3. The zero-order valence-electron chi connectivity index (χ0n) is 25.0. The van der Waals surface area contributed by atoms with Gasteiger partial charge < -0.3 is 19.4 Å². The van der Waals surface area contributed by atoms with E-state index in [1.54, 1.807) is 11.9 Å². The molecule has 2 saturated heterocycles. The summed E-state index contributed by atoms with van der Waals surface area (Å²) >= 11 is 0. The largest absolute Gasteiger partial charge is 0.471 e. The van der Waals surface area contributed by atoms with Crippen molar-refractivity contribution in [1.82, 2.24) is 29.2 Å². The van der Waals surface area contributed by atoms with Crippen LogP contribution in [0, 0.1) is 11.8 Å². The SMILES string of the molecule is CN(C(=O)OC(C)(C)C)C1C2CN(Cc3ccc(-n4ccc(NC(=O)N5CCN(C(=O)C(F)(F)F)CC5)nc4=O)cc3)C[C@H]21. The molecule has 3 fully saturated rings. The molecular formula is C29H36F3N7O5. The van der Waals surface area contributed by atoms with Gasteiger partial charge in [-0.05, 0) is 56.4 Å². The molecule has 2 aromatic rings. The summed E-state index contributed by atoms with van der Waals surface area (Å²) in [6.45, 7) is 7.43. The van der Waals surface area contributed by atoms with Gasteiger partial charge in [0.25, 0.3) is 0 Å². The van der Waals surface area contributed by atoms with Gasteiger partial charge in [0.2, 0.25) is 0 Å². The van der Waals surface area contributed by atoms with Gasteiger partial charge in [-0.1, -0.05) is 12.1 Å². The van der Waals surface area contributed by atoms with Crippen LogP contribution in [0.5, 0.6) is 0 Å². The first-order valence-electron chi connectivity index (χ1n) is 14.4. The van der Waals surface area contributed by atoms with Crippen LogP contribution < -0.4 is 11.0 Å². The number of piperidine rings is 1. The lowest BCUT2D eigenvalue weighted by Crippen LogP contribution is -2.54. The minimum Gasteiger partial charge on any atom is -0.444 e. The molecule has 1 aromatic carbocycles. The first kappa shape index (κ1) is 31.3. The molecule has 4 amide bonds. The van der Waals surface area contributed by atoms with Crippen molar-refractivity contribution >= 4 is 23.8 Å². The third-order valence-corrected chi connectivity index (χ3v) is 8.11. The number of anilines is 1. The van der Waals surface area contributed by atoms with Crippen molar-refractivity contribution in [2.45, 2.75) is 45.1 Å². The number of fused-ring (bicyclic) bond motifs is 1. The molecule has 1 saturated carbocycles. The lowest BCUT2D eigenvalue weighted by Gasteiger charge is -2.34. The number of rotatable bonds is 5. The molecule has 15 heteroatoms. The topological polar surface area (TPSA) is 120 Å². The third kappa shape index (κ3) is 6.98. The Labute approximate surface area is 252 Å². The molecule has 238 valence electrons. The van der Waals surface area contributed by atoms with Gasteiger partial charge in [-0.15, -0.1) is 0 Å². The third-order valence-electron chi connectivity index (χ3n) is 8.11. The number of alkyl halides is 3. The quantitative estimate of drug-likeness (QED) is 0.547. The second-order valence-corrected chi connectivity index (χ2v) is 12.4. The molecule has 12 nitrogen and oxygen atoms in total. The Morgan fingerprint density at radius 2 is 1.57 bits per heavy atom. The van der Waals surface area contributed by atoms with Gasteiger partial charge in [-0.25, -0.2) is 14.4 Å². The van der Waals surface area contributed by atoms with E-state index >= 15 is 0 Å². The number of hydrogen-bond donors (Lipinski definition) is 1. The number of nitrogens with one attached hydrogen (secondary N) is 1. The first-order valence-corrected chi connectivity index (χ1v) is 14.4. The fourth-order valence-electron chi connectivity index (χ4n) is 5.91. The standard InChI is InChI=1S/C29H36F3N7O5/c1-28(2,3)44-27(43)35(4)23-20-16-36(17-21(20)23)15-18-5-7-19(8-6-18)39-10-9-22(34-26(39)42)33-25(41)38-13-11-37(12-14-38)24(40)29(30,31)32/h5-10,20-21,23H,11-17H2,1-4H3,(H,33,34,41,42)/t20-,21?,23?/m1/s1. The van der Waals surface area contributed by atoms with Gasteiger partial charge in [0, 0.05) is 65.1 Å². The summed E-state index contributed by atoms with van der Waals surface area (Å²) in [5.74, 6) is -1.07. The van der Waals surface area contributed by atoms with E-state index in [1.807, 2.05) is 45.0 Å². The summed E-state index contributed by atoms with van der Waals surface area (Å²) in [6.07, 6.45) is -3.77. The lowest BCUT2D eigenvalue weighted by molar-refractivity contribution is -0.186. The van der Waals surface area contributed by atoms with Gasteiger partial charge in [-0.2, -0.15) is 18.2 Å². The molecule has 1 N–H and O–H groups in total. The highest BCUT2D eigenvalue weighted by molar-refractivity contribution is 5.88. The van der Waals surface area contributed by atoms with Gasteiger partial charge in [-0.3, -0.25) is 19.6 Å². The highest BCUT2D eigenvalue weighted by Gasteiger charge is 2.59. The lowest BCUT2D eigenvalue weighted by atomic mass is 10.2. The van der Waals surface area contributed by atoms with Crippen molar-refractivity contribution in [2.75, 3.05) is 51.6 Å². The maximum atomic E-state index is 12.7. The molecule has 0 radical (unpaired) electrons. The number of carbonyl (C=O) groups is 3. The molecule has 3 aliphatic rings. The molecule has 2 aliphatic heterocycles. The summed E-state index contributed by atoms with van der Waals surface area (Å²) in [6, 6.07) is 8.54. The summed E-state index contributed by atoms with van der Waals surface area (Å²) in [5, 5.41) is 2.49. The Morgan fingerprint density at radius 1 is 0.977 bits per heavy atom. The van der Waals surface area contributed by atoms with Crippen LogP contribution in [0.4, 0.5) is 28.6 Å². The molecule has 2 unspecified atom stereocenters. The Morgan fingerprint density at radius 3 is 2.11 bits per heavy atom. The highest BCUT2D eigenvalue weighted by Crippen LogP contribution is 2.49. The predicted molar refractivity (Wildman–Crippen MR) is 153 cm³/mol. The van der Waals surface area contributed by atoms with Crippen molar-refractivity contribution in [3.8, 4) is 5.69 Å². The van der Waals surface area contributed by atoms with Crippen LogP contribution in [-0.2, 0) is 16.1 Å². The number of benzene rings is 1. The number of amides is 4. The summed E-state index contributed by atoms with van der Waals surface area (Å²) < 4.78 is 44.7. The maximum absolute atomic E-state index is 12.7. The molecular weight excluding hydrogens is 583 g/mol. The Hall–Kier alpha value is -4.14. The van der Waals surface area contributed by atoms with Gasteiger partial charge in [0.1, 0.15) is 11.4 Å². The molecule has 44 heavy (non-hydrogen) atoms. The number of aromatic nitrogens is 2. The number of piperazine rings is 1. The summed E-state index contributed by atoms with van der Waals surface area (Å²) in [5.41, 5.74) is 0.531. The van der Waals surface area contributed by atoms with Gasteiger partial charge in [0.05, 0.1) is 5.69 Å². The van der Waals surface area contributed by atoms with Crippen LogP contribution in [0.2, 0.25) is 0 Å². The smallest absolute Gasteiger partial charge is 0.444 e. The van der Waals surface area contributed by atoms with Crippen LogP contribution in [0.25, 0.3) is 5.69 Å². The molecule has 5 rings (SSSR count). The Kier molecular flexibility index (Phi) is 8.35. The number of ether oxygens (including phenoxy) is 1. The first-order chi connectivity index (χ1) is 20.6. The number of carbonyl (C=O) groups excluding carboxylic acids is 3. The van der Waals surface area contributed by atoms with Crippen molar-refractivity contribution in [1.29, 1.82) is 0 Å². The zero-order valence-corrected chi connectivity index (χ0v) is 25.0. The molecule has 0 bridgehead atoms. The second-order valence-electron chi connectivity index (χ2n) is 12.4. The molecule has 1 aliphatic carbocycles. The normalized spacial score (nSPS) is 21.9.